The SMILES string of the molecule is O=CCN(c1ccccc1)[N+](=O)[O-]. The van der Waals surface area contributed by atoms with Crippen molar-refractivity contribution in [1.29, 1.82) is 0 Å². The minimum atomic E-state index is -0.607. The molecule has 0 amide bonds. The molecular weight excluding hydrogens is 172 g/mol. The van der Waals surface area contributed by atoms with Gasteiger partial charge in [0.1, 0.15) is 18.5 Å². The Labute approximate surface area is 74.7 Å². The van der Waals surface area contributed by atoms with Crippen LogP contribution in [0.25, 0.3) is 0 Å². The molecule has 0 aliphatic carbocycles. The van der Waals surface area contributed by atoms with Gasteiger partial charge in [-0.25, -0.2) is 10.1 Å². The predicted molar refractivity (Wildman–Crippen MR) is 46.8 cm³/mol. The summed E-state index contributed by atoms with van der Waals surface area (Å²) < 4.78 is 0. The first-order valence-corrected chi connectivity index (χ1v) is 3.66. The molecule has 0 atom stereocenters. The van der Waals surface area contributed by atoms with Gasteiger partial charge in [0.2, 0.25) is 0 Å². The van der Waals surface area contributed by atoms with E-state index in [0.29, 0.717) is 12.0 Å². The van der Waals surface area contributed by atoms with Gasteiger partial charge in [0.15, 0.2) is 5.03 Å². The second kappa shape index (κ2) is 4.20. The first-order valence-electron chi connectivity index (χ1n) is 3.66. The summed E-state index contributed by atoms with van der Waals surface area (Å²) in [7, 11) is 0. The summed E-state index contributed by atoms with van der Waals surface area (Å²) >= 11 is 0. The molecular formula is C8H8N2O3. The van der Waals surface area contributed by atoms with Gasteiger partial charge in [0.25, 0.3) is 0 Å². The fraction of sp³-hybridized carbons (Fsp3) is 0.125. The van der Waals surface area contributed by atoms with Crippen molar-refractivity contribution < 1.29 is 9.83 Å². The van der Waals surface area contributed by atoms with Gasteiger partial charge in [-0.1, -0.05) is 23.2 Å². The highest BCUT2D eigenvalue weighted by atomic mass is 16.7. The maximum Gasteiger partial charge on any atom is 0.165 e. The molecule has 0 fully saturated rings. The molecule has 0 N–H and O–H groups in total. The minimum Gasteiger partial charge on any atom is -0.301 e. The van der Waals surface area contributed by atoms with Crippen LogP contribution in [0.1, 0.15) is 0 Å². The van der Waals surface area contributed by atoms with E-state index in [1.807, 2.05) is 0 Å². The van der Waals surface area contributed by atoms with Crippen LogP contribution in [-0.2, 0) is 4.79 Å². The van der Waals surface area contributed by atoms with Crippen molar-refractivity contribution in [2.45, 2.75) is 0 Å². The Kier molecular flexibility index (Phi) is 2.97. The van der Waals surface area contributed by atoms with Crippen LogP contribution in [0.5, 0.6) is 0 Å². The highest BCUT2D eigenvalue weighted by Gasteiger charge is 2.14. The van der Waals surface area contributed by atoms with Crippen LogP contribution in [0.2, 0.25) is 0 Å². The zero-order chi connectivity index (χ0) is 9.68. The van der Waals surface area contributed by atoms with Gasteiger partial charge in [0.05, 0.1) is 0 Å². The fourth-order valence-electron chi connectivity index (χ4n) is 0.937. The lowest BCUT2D eigenvalue weighted by Crippen LogP contribution is -2.31. The number of nitro groups is 1. The van der Waals surface area contributed by atoms with E-state index in [0.717, 1.165) is 5.01 Å². The Morgan fingerprint density at radius 3 is 2.46 bits per heavy atom. The van der Waals surface area contributed by atoms with Gasteiger partial charge >= 0.3 is 0 Å². The van der Waals surface area contributed by atoms with E-state index in [2.05, 4.69) is 0 Å². The van der Waals surface area contributed by atoms with Gasteiger partial charge in [0, 0.05) is 0 Å². The summed E-state index contributed by atoms with van der Waals surface area (Å²) in [5.41, 5.74) is 0.402. The number of para-hydroxylation sites is 1. The number of hydrazine groups is 1. The molecule has 0 bridgehead atoms. The summed E-state index contributed by atoms with van der Waals surface area (Å²) in [6.45, 7) is -0.239. The Balaban J connectivity index is 2.88. The lowest BCUT2D eigenvalue weighted by atomic mass is 10.3. The molecule has 68 valence electrons. The number of anilines is 1. The molecule has 0 aliphatic rings. The van der Waals surface area contributed by atoms with Crippen molar-refractivity contribution in [3.63, 3.8) is 0 Å². The van der Waals surface area contributed by atoms with E-state index >= 15 is 0 Å². The van der Waals surface area contributed by atoms with Crippen LogP contribution in [0, 0.1) is 10.1 Å². The number of aldehydes is 1. The van der Waals surface area contributed by atoms with E-state index in [1.54, 1.807) is 30.3 Å². The summed E-state index contributed by atoms with van der Waals surface area (Å²) in [4.78, 5) is 20.6. The van der Waals surface area contributed by atoms with Crippen molar-refractivity contribution in [3.8, 4) is 0 Å². The summed E-state index contributed by atoms with van der Waals surface area (Å²) in [5, 5.41) is 10.6. The van der Waals surface area contributed by atoms with Gasteiger partial charge in [-0.2, -0.15) is 0 Å². The van der Waals surface area contributed by atoms with Crippen LogP contribution in [0.15, 0.2) is 30.3 Å². The number of carbonyl (C=O) groups is 1. The maximum atomic E-state index is 10.5. The zero-order valence-corrected chi connectivity index (χ0v) is 6.79. The molecule has 1 aromatic rings. The van der Waals surface area contributed by atoms with Gasteiger partial charge < -0.3 is 4.79 Å². The predicted octanol–water partition coefficient (Wildman–Crippen LogP) is 0.884. The van der Waals surface area contributed by atoms with Crippen LogP contribution in [-0.4, -0.2) is 17.9 Å². The first-order chi connectivity index (χ1) is 6.25. The smallest absolute Gasteiger partial charge is 0.165 e. The number of hydrogen-bond donors (Lipinski definition) is 0. The van der Waals surface area contributed by atoms with Crippen molar-refractivity contribution in [3.05, 3.63) is 40.4 Å². The number of rotatable bonds is 4. The number of benzene rings is 1. The second-order valence-corrected chi connectivity index (χ2v) is 2.32. The normalized spacial score (nSPS) is 9.23. The molecule has 0 aliphatic heterocycles. The Hall–Kier alpha value is -1.91. The van der Waals surface area contributed by atoms with E-state index in [9.17, 15) is 14.9 Å². The lowest BCUT2D eigenvalue weighted by molar-refractivity contribution is -0.492. The average molecular weight is 180 g/mol. The van der Waals surface area contributed by atoms with E-state index in [-0.39, 0.29) is 6.54 Å². The van der Waals surface area contributed by atoms with E-state index in [4.69, 9.17) is 0 Å². The maximum absolute atomic E-state index is 10.5. The lowest BCUT2D eigenvalue weighted by Gasteiger charge is -2.09. The first kappa shape index (κ1) is 9.18. The van der Waals surface area contributed by atoms with Gasteiger partial charge in [-0.15, -0.1) is 0 Å². The molecule has 5 heteroatoms. The monoisotopic (exact) mass is 180 g/mol. The van der Waals surface area contributed by atoms with Crippen LogP contribution >= 0.6 is 0 Å². The second-order valence-electron chi connectivity index (χ2n) is 2.32. The molecule has 1 aromatic carbocycles. The fourth-order valence-corrected chi connectivity index (χ4v) is 0.937. The van der Waals surface area contributed by atoms with Gasteiger partial charge in [-0.3, -0.25) is 0 Å². The molecule has 0 saturated heterocycles. The Morgan fingerprint density at radius 1 is 1.38 bits per heavy atom. The topological polar surface area (TPSA) is 63.5 Å². The number of carbonyl (C=O) groups excluding carboxylic acids is 1. The average Bonchev–Trinajstić information content (AvgIpc) is 2.15. The van der Waals surface area contributed by atoms with Gasteiger partial charge in [-0.05, 0) is 12.1 Å². The summed E-state index contributed by atoms with van der Waals surface area (Å²) in [6, 6.07) is 8.26. The van der Waals surface area contributed by atoms with Crippen LogP contribution in [0.4, 0.5) is 5.69 Å². The molecule has 0 heterocycles. The molecule has 13 heavy (non-hydrogen) atoms. The van der Waals surface area contributed by atoms with Crippen LogP contribution < -0.4 is 5.01 Å². The van der Waals surface area contributed by atoms with Crippen LogP contribution in [0.3, 0.4) is 0 Å². The minimum absolute atomic E-state index is 0.239. The standard InChI is InChI=1S/C8H8N2O3/c11-7-6-9(10(12)13)8-4-2-1-3-5-8/h1-5,7H,6H2. The quantitative estimate of drug-likeness (QED) is 0.392. The van der Waals surface area contributed by atoms with Crippen molar-refractivity contribution in [1.82, 2.24) is 0 Å². The van der Waals surface area contributed by atoms with Crippen molar-refractivity contribution in [2.75, 3.05) is 11.6 Å². The number of nitrogens with zero attached hydrogens (tertiary/aromatic N) is 2. The Morgan fingerprint density at radius 2 is 2.00 bits per heavy atom. The molecule has 5 nitrogen and oxygen atoms in total. The zero-order valence-electron chi connectivity index (χ0n) is 6.79. The highest BCUT2D eigenvalue weighted by Crippen LogP contribution is 2.11. The molecule has 0 aromatic heterocycles. The largest absolute Gasteiger partial charge is 0.301 e. The molecule has 0 radical (unpaired) electrons. The third kappa shape index (κ3) is 2.26. The molecule has 0 spiro atoms. The third-order valence-electron chi connectivity index (χ3n) is 1.50. The Bertz CT molecular complexity index is 300. The third-order valence-corrected chi connectivity index (χ3v) is 1.50. The van der Waals surface area contributed by atoms with Crippen molar-refractivity contribution in [2.24, 2.45) is 0 Å². The van der Waals surface area contributed by atoms with E-state index in [1.165, 1.54) is 0 Å². The van der Waals surface area contributed by atoms with E-state index < -0.39 is 5.03 Å². The number of hydrogen-bond acceptors (Lipinski definition) is 3. The highest BCUT2D eigenvalue weighted by molar-refractivity contribution is 5.59. The summed E-state index contributed by atoms with van der Waals surface area (Å²) in [6.07, 6.45) is 0.496. The summed E-state index contributed by atoms with van der Waals surface area (Å²) in [5.74, 6) is 0. The molecule has 0 saturated carbocycles. The van der Waals surface area contributed by atoms with Crippen molar-refractivity contribution >= 4 is 12.0 Å². The molecule has 0 unspecified atom stereocenters. The molecule has 1 rings (SSSR count).